The lowest BCUT2D eigenvalue weighted by molar-refractivity contribution is -0.150. The van der Waals surface area contributed by atoms with E-state index in [1.807, 2.05) is 6.92 Å². The predicted molar refractivity (Wildman–Crippen MR) is 90.8 cm³/mol. The maximum Gasteiger partial charge on any atom is 0.302 e. The fourth-order valence-corrected chi connectivity index (χ4v) is 4.20. The summed E-state index contributed by atoms with van der Waals surface area (Å²) < 4.78 is 16.4. The summed E-state index contributed by atoms with van der Waals surface area (Å²) in [4.78, 5) is 34.7. The molecule has 0 spiro atoms. The smallest absolute Gasteiger partial charge is 0.302 e. The Morgan fingerprint density at radius 3 is 2.24 bits per heavy atom. The summed E-state index contributed by atoms with van der Waals surface area (Å²) in [5.74, 6) is -0.689. The van der Waals surface area contributed by atoms with Gasteiger partial charge in [0.05, 0.1) is 5.60 Å². The number of rotatable bonds is 6. The number of epoxide rings is 1. The summed E-state index contributed by atoms with van der Waals surface area (Å²) >= 11 is 0. The summed E-state index contributed by atoms with van der Waals surface area (Å²) in [6, 6.07) is 0. The van der Waals surface area contributed by atoms with Crippen LogP contribution in [0.2, 0.25) is 0 Å². The van der Waals surface area contributed by atoms with E-state index in [1.54, 1.807) is 13.0 Å². The Morgan fingerprint density at radius 1 is 1.08 bits per heavy atom. The molecule has 1 aliphatic carbocycles. The molecule has 0 bridgehead atoms. The van der Waals surface area contributed by atoms with Gasteiger partial charge in [0.15, 0.2) is 5.78 Å². The van der Waals surface area contributed by atoms with E-state index in [-0.39, 0.29) is 42.3 Å². The van der Waals surface area contributed by atoms with Crippen LogP contribution in [-0.2, 0) is 28.6 Å². The van der Waals surface area contributed by atoms with Gasteiger partial charge in [-0.05, 0) is 31.9 Å². The number of ether oxygens (including phenoxy) is 3. The summed E-state index contributed by atoms with van der Waals surface area (Å²) in [6.07, 6.45) is 2.96. The minimum atomic E-state index is -0.551. The largest absolute Gasteiger partial charge is 0.462 e. The molecule has 1 saturated heterocycles. The molecule has 1 heterocycles. The highest BCUT2D eigenvalue weighted by atomic mass is 16.6. The van der Waals surface area contributed by atoms with Crippen LogP contribution in [0.3, 0.4) is 0 Å². The molecular formula is C19H28O6. The van der Waals surface area contributed by atoms with Crippen LogP contribution in [0, 0.1) is 5.41 Å². The summed E-state index contributed by atoms with van der Waals surface area (Å²) in [5, 5.41) is 0. The molecule has 0 unspecified atom stereocenters. The van der Waals surface area contributed by atoms with Crippen molar-refractivity contribution >= 4 is 17.7 Å². The molecular weight excluding hydrogens is 324 g/mol. The zero-order valence-corrected chi connectivity index (χ0v) is 15.9. The molecule has 25 heavy (non-hydrogen) atoms. The zero-order chi connectivity index (χ0) is 19.0. The Hall–Kier alpha value is -1.69. The van der Waals surface area contributed by atoms with E-state index in [0.717, 1.165) is 0 Å². The minimum Gasteiger partial charge on any atom is -0.462 e. The lowest BCUT2D eigenvalue weighted by atomic mass is 9.61. The maximum atomic E-state index is 12.6. The quantitative estimate of drug-likeness (QED) is 0.415. The van der Waals surface area contributed by atoms with Gasteiger partial charge in [0.2, 0.25) is 0 Å². The number of carbonyl (C=O) groups excluding carboxylic acids is 3. The molecule has 0 aromatic heterocycles. The lowest BCUT2D eigenvalue weighted by Crippen LogP contribution is -2.49. The fraction of sp³-hybridized carbons (Fsp3) is 0.737. The molecule has 140 valence electrons. The average molecular weight is 352 g/mol. The summed E-state index contributed by atoms with van der Waals surface area (Å²) in [5.41, 5.74) is -0.761. The first kappa shape index (κ1) is 19.6. The highest BCUT2D eigenvalue weighted by Crippen LogP contribution is 2.67. The molecule has 0 N–H and O–H groups in total. The van der Waals surface area contributed by atoms with Crippen molar-refractivity contribution in [3.8, 4) is 0 Å². The van der Waals surface area contributed by atoms with Crippen LogP contribution in [0.4, 0.5) is 0 Å². The van der Waals surface area contributed by atoms with Gasteiger partial charge in [0.1, 0.15) is 18.3 Å². The van der Waals surface area contributed by atoms with Gasteiger partial charge in [-0.2, -0.15) is 0 Å². The number of esters is 2. The van der Waals surface area contributed by atoms with Crippen molar-refractivity contribution in [3.05, 3.63) is 11.6 Å². The number of fused-ring (bicyclic) bond motifs is 1. The molecule has 2 fully saturated rings. The van der Waals surface area contributed by atoms with Gasteiger partial charge >= 0.3 is 11.9 Å². The second kappa shape index (κ2) is 6.56. The second-order valence-electron chi connectivity index (χ2n) is 7.97. The molecule has 1 saturated carbocycles. The first-order valence-electron chi connectivity index (χ1n) is 8.63. The average Bonchev–Trinajstić information content (AvgIpc) is 3.03. The molecule has 2 rings (SSSR count). The first-order chi connectivity index (χ1) is 11.4. The van der Waals surface area contributed by atoms with E-state index in [9.17, 15) is 14.4 Å². The van der Waals surface area contributed by atoms with Crippen LogP contribution in [0.25, 0.3) is 0 Å². The molecule has 1 aliphatic heterocycles. The van der Waals surface area contributed by atoms with Crippen molar-refractivity contribution in [3.63, 3.8) is 0 Å². The van der Waals surface area contributed by atoms with Crippen LogP contribution in [-0.4, -0.2) is 41.6 Å². The predicted octanol–water partition coefficient (Wildman–Crippen LogP) is 2.73. The lowest BCUT2D eigenvalue weighted by Gasteiger charge is -2.41. The standard InChI is InChI=1S/C19H28O6/c1-12(7-8-23-13(2)20)16(22)11-19-17(4,5)9-15(24-14(3)21)10-18(19,6)25-19/h7,15H,8-11H2,1-6H3/b12-7+/t15-,18-,19+/m0/s1. The maximum absolute atomic E-state index is 12.6. The number of hydrogen-bond acceptors (Lipinski definition) is 6. The molecule has 0 aromatic rings. The highest BCUT2D eigenvalue weighted by molar-refractivity contribution is 5.96. The zero-order valence-electron chi connectivity index (χ0n) is 15.9. The number of ketones is 1. The van der Waals surface area contributed by atoms with Gasteiger partial charge in [0, 0.05) is 32.1 Å². The van der Waals surface area contributed by atoms with Crippen LogP contribution in [0.1, 0.15) is 60.8 Å². The van der Waals surface area contributed by atoms with Crippen LogP contribution in [0.15, 0.2) is 11.6 Å². The summed E-state index contributed by atoms with van der Waals surface area (Å²) in [7, 11) is 0. The Balaban J connectivity index is 2.08. The number of hydrogen-bond donors (Lipinski definition) is 0. The Bertz CT molecular complexity index is 619. The second-order valence-corrected chi connectivity index (χ2v) is 7.97. The Labute approximate surface area is 148 Å². The highest BCUT2D eigenvalue weighted by Gasteiger charge is 2.76. The van der Waals surface area contributed by atoms with Gasteiger partial charge in [-0.3, -0.25) is 14.4 Å². The van der Waals surface area contributed by atoms with Crippen molar-refractivity contribution in [2.24, 2.45) is 5.41 Å². The molecule has 0 amide bonds. The van der Waals surface area contributed by atoms with Gasteiger partial charge < -0.3 is 14.2 Å². The van der Waals surface area contributed by atoms with Crippen molar-refractivity contribution in [2.75, 3.05) is 6.61 Å². The van der Waals surface area contributed by atoms with E-state index in [1.165, 1.54) is 13.8 Å². The molecule has 6 nitrogen and oxygen atoms in total. The van der Waals surface area contributed by atoms with Gasteiger partial charge in [0.25, 0.3) is 0 Å². The molecule has 0 aromatic carbocycles. The topological polar surface area (TPSA) is 82.2 Å². The molecule has 6 heteroatoms. The van der Waals surface area contributed by atoms with E-state index < -0.39 is 11.2 Å². The van der Waals surface area contributed by atoms with E-state index in [0.29, 0.717) is 18.4 Å². The van der Waals surface area contributed by atoms with E-state index >= 15 is 0 Å². The Morgan fingerprint density at radius 2 is 1.72 bits per heavy atom. The van der Waals surface area contributed by atoms with Crippen molar-refractivity contribution in [1.29, 1.82) is 0 Å². The number of Topliss-reactive ketones (excluding diaryl/α,β-unsaturated/α-hetero) is 1. The van der Waals surface area contributed by atoms with Crippen LogP contribution >= 0.6 is 0 Å². The minimum absolute atomic E-state index is 0.0186. The molecule has 0 radical (unpaired) electrons. The van der Waals surface area contributed by atoms with Crippen molar-refractivity contribution in [2.45, 2.75) is 78.1 Å². The van der Waals surface area contributed by atoms with Crippen molar-refractivity contribution < 1.29 is 28.6 Å². The number of allylic oxidation sites excluding steroid dienone is 1. The third kappa shape index (κ3) is 3.78. The van der Waals surface area contributed by atoms with Gasteiger partial charge in [-0.1, -0.05) is 13.8 Å². The fourth-order valence-electron chi connectivity index (χ4n) is 4.20. The third-order valence-electron chi connectivity index (χ3n) is 5.52. The van der Waals surface area contributed by atoms with Gasteiger partial charge in [-0.15, -0.1) is 0 Å². The third-order valence-corrected chi connectivity index (χ3v) is 5.52. The monoisotopic (exact) mass is 352 g/mol. The van der Waals surface area contributed by atoms with Crippen LogP contribution < -0.4 is 0 Å². The van der Waals surface area contributed by atoms with E-state index in [2.05, 4.69) is 13.8 Å². The van der Waals surface area contributed by atoms with Crippen molar-refractivity contribution in [1.82, 2.24) is 0 Å². The van der Waals surface area contributed by atoms with Crippen LogP contribution in [0.5, 0.6) is 0 Å². The molecule has 2 aliphatic rings. The molecule has 3 atom stereocenters. The number of carbonyl (C=O) groups is 3. The van der Waals surface area contributed by atoms with Gasteiger partial charge in [-0.25, -0.2) is 0 Å². The normalized spacial score (nSPS) is 33.2. The SMILES string of the molecule is CC(=O)OC/C=C(\C)C(=O)C[C@]12O[C@@]1(C)C[C@@H](OC(C)=O)CC2(C)C. The summed E-state index contributed by atoms with van der Waals surface area (Å²) in [6.45, 7) is 10.6. The Kier molecular flexibility index (Phi) is 5.15. The first-order valence-corrected chi connectivity index (χ1v) is 8.63. The van der Waals surface area contributed by atoms with E-state index in [4.69, 9.17) is 14.2 Å².